The van der Waals surface area contributed by atoms with E-state index in [0.29, 0.717) is 18.4 Å². The molecule has 1 N–H and O–H groups in total. The third kappa shape index (κ3) is 6.16. The molecule has 1 saturated carbocycles. The number of anilines is 1. The molecule has 2 aliphatic rings. The Labute approximate surface area is 226 Å². The van der Waals surface area contributed by atoms with Crippen molar-refractivity contribution in [2.75, 3.05) is 38.6 Å². The predicted molar refractivity (Wildman–Crippen MR) is 152 cm³/mol. The average molecular weight is 516 g/mol. The van der Waals surface area contributed by atoms with E-state index in [1.165, 1.54) is 38.4 Å². The lowest BCUT2D eigenvalue weighted by Crippen LogP contribution is -2.50. The fourth-order valence-corrected chi connectivity index (χ4v) is 6.06. The van der Waals surface area contributed by atoms with Crippen LogP contribution in [0.15, 0.2) is 54.6 Å². The first kappa shape index (κ1) is 26.6. The minimum Gasteiger partial charge on any atom is -0.467 e. The minimum absolute atomic E-state index is 0.0652. The number of esters is 1. The van der Waals surface area contributed by atoms with Gasteiger partial charge in [-0.3, -0.25) is 9.80 Å². The summed E-state index contributed by atoms with van der Waals surface area (Å²) in [6, 6.07) is 19.2. The van der Waals surface area contributed by atoms with E-state index < -0.39 is 6.04 Å². The van der Waals surface area contributed by atoms with Crippen LogP contribution < -0.4 is 5.32 Å². The molecule has 1 saturated heterocycles. The largest absolute Gasteiger partial charge is 0.467 e. The van der Waals surface area contributed by atoms with Gasteiger partial charge >= 0.3 is 5.97 Å². The molecule has 5 rings (SSSR count). The Bertz CT molecular complexity index is 1200. The number of methoxy groups -OCH3 is 1. The molecule has 7 nitrogen and oxygen atoms in total. The fraction of sp³-hybridized carbons (Fsp3) is 0.516. The maximum Gasteiger partial charge on any atom is 0.328 e. The molecule has 1 aromatic heterocycles. The minimum atomic E-state index is -0.466. The van der Waals surface area contributed by atoms with Gasteiger partial charge in [-0.2, -0.15) is 0 Å². The average Bonchev–Trinajstić information content (AvgIpc) is 2.96. The van der Waals surface area contributed by atoms with E-state index in [2.05, 4.69) is 45.4 Å². The quantitative estimate of drug-likeness (QED) is 0.419. The summed E-state index contributed by atoms with van der Waals surface area (Å²) < 4.78 is 5.04. The van der Waals surface area contributed by atoms with Crippen molar-refractivity contribution in [1.82, 2.24) is 19.8 Å². The smallest absolute Gasteiger partial charge is 0.328 e. The molecule has 0 bridgehead atoms. The Morgan fingerprint density at radius 3 is 2.32 bits per heavy atom. The highest BCUT2D eigenvalue weighted by Crippen LogP contribution is 2.35. The van der Waals surface area contributed by atoms with Crippen LogP contribution in [0.5, 0.6) is 0 Å². The second-order valence-corrected chi connectivity index (χ2v) is 11.1. The highest BCUT2D eigenvalue weighted by Gasteiger charge is 2.29. The number of para-hydroxylation sites is 1. The number of aromatic nitrogens is 2. The van der Waals surface area contributed by atoms with E-state index in [1.807, 2.05) is 38.1 Å². The molecule has 1 aliphatic heterocycles. The maximum atomic E-state index is 12.4. The number of hydrogen-bond acceptors (Lipinski definition) is 7. The molecule has 38 heavy (non-hydrogen) atoms. The molecule has 2 heterocycles. The summed E-state index contributed by atoms with van der Waals surface area (Å²) in [4.78, 5) is 27.3. The Balaban J connectivity index is 1.20. The Hall–Kier alpha value is -3.03. The molecular formula is C31H41N5O2. The first-order valence-electron chi connectivity index (χ1n) is 14.1. The Morgan fingerprint density at radius 1 is 0.947 bits per heavy atom. The summed E-state index contributed by atoms with van der Waals surface area (Å²) in [6.45, 7) is 8.95. The zero-order valence-corrected chi connectivity index (χ0v) is 23.0. The van der Waals surface area contributed by atoms with Gasteiger partial charge in [0.1, 0.15) is 17.7 Å². The highest BCUT2D eigenvalue weighted by molar-refractivity contribution is 5.91. The Kier molecular flexibility index (Phi) is 8.55. The van der Waals surface area contributed by atoms with Crippen LogP contribution in [0.2, 0.25) is 0 Å². The molecule has 0 radical (unpaired) electrons. The molecule has 1 aliphatic carbocycles. The van der Waals surface area contributed by atoms with Crippen molar-refractivity contribution >= 4 is 22.7 Å². The zero-order valence-electron chi connectivity index (χ0n) is 23.0. The molecule has 1 atom stereocenters. The van der Waals surface area contributed by atoms with Crippen molar-refractivity contribution in [3.8, 4) is 0 Å². The van der Waals surface area contributed by atoms with Crippen molar-refractivity contribution in [3.05, 3.63) is 66.0 Å². The molecule has 3 aromatic rings. The standard InChI is InChI=1S/C31H41N5O2/c1-22(2)29(31(37)38-3)34-30-26-11-7-8-12-27(26)32-28(33-30)21-35-17-19-36(20-18-35)25-15-13-24(14-16-25)23-9-5-4-6-10-23/h4-12,22,24-25,29H,13-21H2,1-3H3,(H,32,33,34)/t24?,25?,29-/m0/s1. The monoisotopic (exact) mass is 515 g/mol. The second-order valence-electron chi connectivity index (χ2n) is 11.1. The van der Waals surface area contributed by atoms with Gasteiger partial charge in [0.2, 0.25) is 0 Å². The summed E-state index contributed by atoms with van der Waals surface area (Å²) in [7, 11) is 1.43. The Morgan fingerprint density at radius 2 is 1.63 bits per heavy atom. The van der Waals surface area contributed by atoms with Gasteiger partial charge in [0.05, 0.1) is 19.2 Å². The number of rotatable bonds is 8. The molecule has 2 aromatic carbocycles. The van der Waals surface area contributed by atoms with Gasteiger partial charge < -0.3 is 10.1 Å². The number of fused-ring (bicyclic) bond motifs is 1. The van der Waals surface area contributed by atoms with Crippen molar-refractivity contribution in [1.29, 1.82) is 0 Å². The molecule has 2 fully saturated rings. The number of benzene rings is 2. The lowest BCUT2D eigenvalue weighted by molar-refractivity contribution is -0.142. The number of nitrogens with one attached hydrogen (secondary N) is 1. The third-order valence-corrected chi connectivity index (χ3v) is 8.32. The molecule has 0 spiro atoms. The SMILES string of the molecule is COC(=O)[C@@H](Nc1nc(CN2CCN(C3CCC(c4ccccc4)CC3)CC2)nc2ccccc12)C(C)C. The summed E-state index contributed by atoms with van der Waals surface area (Å²) in [5.41, 5.74) is 2.40. The topological polar surface area (TPSA) is 70.6 Å². The first-order valence-corrected chi connectivity index (χ1v) is 14.1. The van der Waals surface area contributed by atoms with Crippen LogP contribution >= 0.6 is 0 Å². The summed E-state index contributed by atoms with van der Waals surface area (Å²) in [5.74, 6) is 1.99. The van der Waals surface area contributed by atoms with Crippen molar-refractivity contribution in [3.63, 3.8) is 0 Å². The van der Waals surface area contributed by atoms with Crippen molar-refractivity contribution < 1.29 is 9.53 Å². The van der Waals surface area contributed by atoms with Crippen molar-refractivity contribution in [2.45, 2.75) is 64.1 Å². The lowest BCUT2D eigenvalue weighted by Gasteiger charge is -2.42. The van der Waals surface area contributed by atoms with Crippen LogP contribution in [0.1, 0.15) is 56.8 Å². The van der Waals surface area contributed by atoms with Crippen LogP contribution in [0, 0.1) is 5.92 Å². The zero-order chi connectivity index (χ0) is 26.5. The molecular weight excluding hydrogens is 474 g/mol. The molecule has 0 unspecified atom stereocenters. The van der Waals surface area contributed by atoms with Crippen LogP contribution in [0.3, 0.4) is 0 Å². The van der Waals surface area contributed by atoms with E-state index in [1.54, 1.807) is 0 Å². The van der Waals surface area contributed by atoms with Gasteiger partial charge in [0.25, 0.3) is 0 Å². The number of ether oxygens (including phenoxy) is 1. The van der Waals surface area contributed by atoms with Crippen LogP contribution in [0.4, 0.5) is 5.82 Å². The number of hydrogen-bond donors (Lipinski definition) is 1. The summed E-state index contributed by atoms with van der Waals surface area (Å²) in [5, 5.41) is 4.28. The number of piperazine rings is 1. The molecule has 7 heteroatoms. The lowest BCUT2D eigenvalue weighted by atomic mass is 9.81. The highest BCUT2D eigenvalue weighted by atomic mass is 16.5. The fourth-order valence-electron chi connectivity index (χ4n) is 6.06. The predicted octanol–water partition coefficient (Wildman–Crippen LogP) is 5.08. The summed E-state index contributed by atoms with van der Waals surface area (Å²) in [6.07, 6.45) is 5.16. The van der Waals surface area contributed by atoms with E-state index in [4.69, 9.17) is 14.7 Å². The van der Waals surface area contributed by atoms with Crippen LogP contribution in [0.25, 0.3) is 10.9 Å². The normalized spacial score (nSPS) is 21.9. The number of carbonyl (C=O) groups is 1. The van der Waals surface area contributed by atoms with Crippen LogP contribution in [-0.2, 0) is 16.1 Å². The van der Waals surface area contributed by atoms with E-state index >= 15 is 0 Å². The van der Waals surface area contributed by atoms with Crippen LogP contribution in [-0.4, -0.2) is 71.1 Å². The molecule has 202 valence electrons. The number of nitrogens with zero attached hydrogens (tertiary/aromatic N) is 4. The van der Waals surface area contributed by atoms with Crippen molar-refractivity contribution in [2.24, 2.45) is 5.92 Å². The van der Waals surface area contributed by atoms with Gasteiger partial charge in [-0.15, -0.1) is 0 Å². The third-order valence-electron chi connectivity index (χ3n) is 8.32. The molecule has 0 amide bonds. The van der Waals surface area contributed by atoms with Gasteiger partial charge in [0, 0.05) is 37.6 Å². The van der Waals surface area contributed by atoms with Gasteiger partial charge in [-0.05, 0) is 55.2 Å². The van der Waals surface area contributed by atoms with Gasteiger partial charge in [0.15, 0.2) is 0 Å². The van der Waals surface area contributed by atoms with Gasteiger partial charge in [-0.1, -0.05) is 56.3 Å². The first-order chi connectivity index (χ1) is 18.5. The number of carbonyl (C=O) groups excluding carboxylic acids is 1. The van der Waals surface area contributed by atoms with E-state index in [0.717, 1.165) is 48.8 Å². The van der Waals surface area contributed by atoms with Gasteiger partial charge in [-0.25, -0.2) is 14.8 Å². The van der Waals surface area contributed by atoms with E-state index in [-0.39, 0.29) is 11.9 Å². The maximum absolute atomic E-state index is 12.4. The van der Waals surface area contributed by atoms with E-state index in [9.17, 15) is 4.79 Å². The summed E-state index contributed by atoms with van der Waals surface area (Å²) >= 11 is 0. The second kappa shape index (κ2) is 12.2.